The third-order valence-electron chi connectivity index (χ3n) is 5.98. The molecule has 2 aromatic carbocycles. The predicted molar refractivity (Wildman–Crippen MR) is 134 cm³/mol. The molecule has 1 amide bonds. The molecule has 0 unspecified atom stereocenters. The molecule has 180 valence electrons. The molecule has 9 heteroatoms. The summed E-state index contributed by atoms with van der Waals surface area (Å²) in [7, 11) is 0. The van der Waals surface area contributed by atoms with Crippen LogP contribution in [-0.4, -0.2) is 38.9 Å². The molecule has 0 spiro atoms. The van der Waals surface area contributed by atoms with Crippen molar-refractivity contribution in [3.63, 3.8) is 0 Å². The lowest BCUT2D eigenvalue weighted by molar-refractivity contribution is 0.102. The minimum absolute atomic E-state index is 0.0695. The highest BCUT2D eigenvalue weighted by Crippen LogP contribution is 2.35. The number of hydrogen-bond donors (Lipinski definition) is 1. The molecule has 0 radical (unpaired) electrons. The molecule has 1 N–H and O–H groups in total. The van der Waals surface area contributed by atoms with E-state index in [0.29, 0.717) is 58.5 Å². The summed E-state index contributed by atoms with van der Waals surface area (Å²) in [6, 6.07) is 15.0. The highest BCUT2D eigenvalue weighted by atomic mass is 16.6. The van der Waals surface area contributed by atoms with Gasteiger partial charge in [-0.1, -0.05) is 12.1 Å². The Morgan fingerprint density at radius 1 is 1.00 bits per heavy atom. The van der Waals surface area contributed by atoms with E-state index < -0.39 is 0 Å². The van der Waals surface area contributed by atoms with E-state index in [1.54, 1.807) is 18.5 Å². The number of amides is 1. The Morgan fingerprint density at radius 2 is 1.86 bits per heavy atom. The van der Waals surface area contributed by atoms with Gasteiger partial charge in [0.05, 0.1) is 29.0 Å². The average Bonchev–Trinajstić information content (AvgIpc) is 3.58. The van der Waals surface area contributed by atoms with E-state index in [0.717, 1.165) is 11.1 Å². The number of nitrogens with one attached hydrogen (secondary N) is 1. The number of rotatable bonds is 5. The second kappa shape index (κ2) is 8.84. The molecule has 9 nitrogen and oxygen atoms in total. The van der Waals surface area contributed by atoms with Crippen LogP contribution in [0.1, 0.15) is 30.2 Å². The fraction of sp³-hybridized carbons (Fsp3) is 0.185. The van der Waals surface area contributed by atoms with Gasteiger partial charge in [-0.2, -0.15) is 5.10 Å². The maximum absolute atomic E-state index is 13.6. The number of benzene rings is 2. The Hall–Kier alpha value is -4.66. The average molecular weight is 482 g/mol. The van der Waals surface area contributed by atoms with Gasteiger partial charge in [-0.25, -0.2) is 14.6 Å². The van der Waals surface area contributed by atoms with Crippen LogP contribution in [0, 0.1) is 0 Å². The monoisotopic (exact) mass is 481 g/mol. The third-order valence-corrected chi connectivity index (χ3v) is 5.98. The van der Waals surface area contributed by atoms with Crippen molar-refractivity contribution < 1.29 is 18.7 Å². The van der Waals surface area contributed by atoms with E-state index in [4.69, 9.17) is 18.9 Å². The van der Waals surface area contributed by atoms with Gasteiger partial charge >= 0.3 is 0 Å². The molecule has 3 aromatic heterocycles. The topological polar surface area (TPSA) is 104 Å². The molecule has 6 rings (SSSR count). The van der Waals surface area contributed by atoms with Crippen molar-refractivity contribution in [1.29, 1.82) is 0 Å². The van der Waals surface area contributed by atoms with Gasteiger partial charge in [0.25, 0.3) is 5.91 Å². The maximum atomic E-state index is 13.6. The minimum atomic E-state index is -0.265. The summed E-state index contributed by atoms with van der Waals surface area (Å²) in [6.45, 7) is 5.06. The first-order valence-corrected chi connectivity index (χ1v) is 11.7. The number of ether oxygens (including phenoxy) is 2. The van der Waals surface area contributed by atoms with Gasteiger partial charge in [0.2, 0.25) is 0 Å². The Morgan fingerprint density at radius 3 is 2.67 bits per heavy atom. The van der Waals surface area contributed by atoms with Crippen LogP contribution in [0.3, 0.4) is 0 Å². The standard InChI is InChI=1S/C27H23N5O4/c1-16(2)32-26-21(13-29-32)20(12-22(31-26)17-6-7-23-24(11-17)35-9-8-34-23)27(33)30-19-5-3-4-18(10-19)25-14-28-15-36-25/h3-7,10-16H,8-9H2,1-2H3,(H,30,33). The van der Waals surface area contributed by atoms with Crippen LogP contribution in [0.4, 0.5) is 5.69 Å². The number of carbonyl (C=O) groups excluding carboxylic acids is 1. The molecular weight excluding hydrogens is 458 g/mol. The number of pyridine rings is 1. The SMILES string of the molecule is CC(C)n1ncc2c(C(=O)Nc3cccc(-c4cnco4)c3)cc(-c3ccc4c(c3)OCCO4)nc21. The van der Waals surface area contributed by atoms with E-state index in [-0.39, 0.29) is 11.9 Å². The predicted octanol–water partition coefficient (Wildman–Crippen LogP) is 5.36. The van der Waals surface area contributed by atoms with Gasteiger partial charge in [0.15, 0.2) is 29.3 Å². The second-order valence-corrected chi connectivity index (χ2v) is 8.73. The van der Waals surface area contributed by atoms with E-state index in [1.165, 1.54) is 6.39 Å². The summed E-state index contributed by atoms with van der Waals surface area (Å²) in [4.78, 5) is 22.4. The number of oxazole rings is 1. The molecule has 0 aliphatic carbocycles. The molecular formula is C27H23N5O4. The minimum Gasteiger partial charge on any atom is -0.486 e. The van der Waals surface area contributed by atoms with Crippen molar-refractivity contribution in [3.05, 3.63) is 72.9 Å². The Bertz CT molecular complexity index is 1570. The highest BCUT2D eigenvalue weighted by molar-refractivity contribution is 6.12. The molecule has 0 fully saturated rings. The summed E-state index contributed by atoms with van der Waals surface area (Å²) in [5.41, 5.74) is 4.02. The number of fused-ring (bicyclic) bond motifs is 2. The molecule has 1 aliphatic heterocycles. The number of nitrogens with zero attached hydrogens (tertiary/aromatic N) is 4. The molecule has 36 heavy (non-hydrogen) atoms. The van der Waals surface area contributed by atoms with Gasteiger partial charge in [0.1, 0.15) is 13.2 Å². The molecule has 0 saturated carbocycles. The summed E-state index contributed by atoms with van der Waals surface area (Å²) >= 11 is 0. The molecule has 5 aromatic rings. The molecule has 0 bridgehead atoms. The van der Waals surface area contributed by atoms with Gasteiger partial charge in [-0.15, -0.1) is 0 Å². The lowest BCUT2D eigenvalue weighted by Gasteiger charge is -2.19. The van der Waals surface area contributed by atoms with E-state index >= 15 is 0 Å². The van der Waals surface area contributed by atoms with E-state index in [1.807, 2.05) is 61.0 Å². The molecule has 1 aliphatic rings. The normalized spacial score (nSPS) is 12.8. The zero-order valence-corrected chi connectivity index (χ0v) is 19.8. The van der Waals surface area contributed by atoms with Crippen molar-refractivity contribution in [2.24, 2.45) is 0 Å². The van der Waals surface area contributed by atoms with Crippen molar-refractivity contribution in [2.75, 3.05) is 18.5 Å². The maximum Gasteiger partial charge on any atom is 0.256 e. The third kappa shape index (κ3) is 3.94. The molecule has 4 heterocycles. The summed E-state index contributed by atoms with van der Waals surface area (Å²) in [5, 5.41) is 8.19. The van der Waals surface area contributed by atoms with Crippen LogP contribution in [-0.2, 0) is 0 Å². The fourth-order valence-corrected chi connectivity index (χ4v) is 4.24. The number of carbonyl (C=O) groups is 1. The van der Waals surface area contributed by atoms with Crippen molar-refractivity contribution in [3.8, 4) is 34.1 Å². The second-order valence-electron chi connectivity index (χ2n) is 8.73. The first-order chi connectivity index (χ1) is 17.6. The van der Waals surface area contributed by atoms with Gasteiger partial charge in [-0.05, 0) is 50.2 Å². The fourth-order valence-electron chi connectivity index (χ4n) is 4.24. The van der Waals surface area contributed by atoms with Crippen molar-refractivity contribution >= 4 is 22.6 Å². The number of hydrogen-bond acceptors (Lipinski definition) is 7. The largest absolute Gasteiger partial charge is 0.486 e. The summed E-state index contributed by atoms with van der Waals surface area (Å²) in [5.74, 6) is 1.71. The smallest absolute Gasteiger partial charge is 0.256 e. The van der Waals surface area contributed by atoms with Gasteiger partial charge in [-0.3, -0.25) is 4.79 Å². The Balaban J connectivity index is 1.42. The first kappa shape index (κ1) is 21.8. The lowest BCUT2D eigenvalue weighted by atomic mass is 10.1. The van der Waals surface area contributed by atoms with Crippen LogP contribution >= 0.6 is 0 Å². The zero-order chi connectivity index (χ0) is 24.6. The van der Waals surface area contributed by atoms with Crippen LogP contribution in [0.2, 0.25) is 0 Å². The summed E-state index contributed by atoms with van der Waals surface area (Å²) < 4.78 is 18.6. The Labute approximate surface area is 206 Å². The van der Waals surface area contributed by atoms with Crippen LogP contribution in [0.15, 0.2) is 71.7 Å². The van der Waals surface area contributed by atoms with E-state index in [2.05, 4.69) is 15.4 Å². The van der Waals surface area contributed by atoms with Crippen LogP contribution in [0.25, 0.3) is 33.6 Å². The van der Waals surface area contributed by atoms with Crippen LogP contribution in [0.5, 0.6) is 11.5 Å². The number of aromatic nitrogens is 4. The van der Waals surface area contributed by atoms with Crippen molar-refractivity contribution in [1.82, 2.24) is 19.7 Å². The zero-order valence-electron chi connectivity index (χ0n) is 19.8. The van der Waals surface area contributed by atoms with Gasteiger partial charge < -0.3 is 19.2 Å². The Kier molecular flexibility index (Phi) is 5.37. The molecule has 0 atom stereocenters. The van der Waals surface area contributed by atoms with Crippen LogP contribution < -0.4 is 14.8 Å². The molecule has 0 saturated heterocycles. The van der Waals surface area contributed by atoms with Crippen molar-refractivity contribution in [2.45, 2.75) is 19.9 Å². The van der Waals surface area contributed by atoms with Gasteiger partial charge in [0, 0.05) is 22.9 Å². The highest BCUT2D eigenvalue weighted by Gasteiger charge is 2.20. The quantitative estimate of drug-likeness (QED) is 0.360. The summed E-state index contributed by atoms with van der Waals surface area (Å²) in [6.07, 6.45) is 4.70. The first-order valence-electron chi connectivity index (χ1n) is 11.7. The lowest BCUT2D eigenvalue weighted by Crippen LogP contribution is -2.15. The van der Waals surface area contributed by atoms with E-state index in [9.17, 15) is 4.79 Å². The number of anilines is 1.